The lowest BCUT2D eigenvalue weighted by Gasteiger charge is -2.45. The van der Waals surface area contributed by atoms with Crippen LogP contribution in [0.2, 0.25) is 0 Å². The van der Waals surface area contributed by atoms with Crippen molar-refractivity contribution in [1.82, 2.24) is 5.32 Å². The van der Waals surface area contributed by atoms with Gasteiger partial charge in [0.2, 0.25) is 0 Å². The second kappa shape index (κ2) is 6.93. The molecule has 1 atom stereocenters. The minimum atomic E-state index is -0.0456. The van der Waals surface area contributed by atoms with Crippen LogP contribution >= 0.6 is 0 Å². The van der Waals surface area contributed by atoms with E-state index in [1.807, 2.05) is 0 Å². The number of nitrogens with one attached hydrogen (secondary N) is 1. The lowest BCUT2D eigenvalue weighted by Crippen LogP contribution is -2.47. The van der Waals surface area contributed by atoms with Gasteiger partial charge in [-0.25, -0.2) is 0 Å². The van der Waals surface area contributed by atoms with Crippen LogP contribution in [-0.4, -0.2) is 19.3 Å². The number of ether oxygens (including phenoxy) is 1. The number of hydrogen-bond donors (Lipinski definition) is 1. The standard InChI is InChI=1S/C19H31NO/c1-6-21-19(11-9-14(2)10-12-19)18(20-5)17-8-7-15(3)13-16(17)4/h7-8,13-14,18,20H,6,9-12H2,1-5H3. The molecule has 0 amide bonds. The second-order valence-corrected chi connectivity index (χ2v) is 6.76. The van der Waals surface area contributed by atoms with Gasteiger partial charge in [0.05, 0.1) is 11.6 Å². The summed E-state index contributed by atoms with van der Waals surface area (Å²) in [7, 11) is 2.07. The lowest BCUT2D eigenvalue weighted by atomic mass is 9.72. The normalized spacial score (nSPS) is 27.6. The quantitative estimate of drug-likeness (QED) is 0.858. The Labute approximate surface area is 130 Å². The molecule has 0 radical (unpaired) electrons. The summed E-state index contributed by atoms with van der Waals surface area (Å²) in [4.78, 5) is 0. The monoisotopic (exact) mass is 289 g/mol. The van der Waals surface area contributed by atoms with Crippen molar-refractivity contribution in [3.8, 4) is 0 Å². The van der Waals surface area contributed by atoms with Gasteiger partial charge < -0.3 is 10.1 Å². The van der Waals surface area contributed by atoms with Crippen LogP contribution in [0.15, 0.2) is 18.2 Å². The minimum Gasteiger partial charge on any atom is -0.373 e. The molecule has 1 aromatic rings. The molecule has 0 heterocycles. The van der Waals surface area contributed by atoms with Gasteiger partial charge in [-0.05, 0) is 70.5 Å². The van der Waals surface area contributed by atoms with Crippen LogP contribution in [-0.2, 0) is 4.74 Å². The molecule has 0 saturated heterocycles. The van der Waals surface area contributed by atoms with Gasteiger partial charge in [-0.3, -0.25) is 0 Å². The van der Waals surface area contributed by atoms with E-state index in [0.717, 1.165) is 25.4 Å². The first kappa shape index (κ1) is 16.5. The van der Waals surface area contributed by atoms with Crippen molar-refractivity contribution in [3.63, 3.8) is 0 Å². The van der Waals surface area contributed by atoms with Crippen LogP contribution in [0.1, 0.15) is 62.3 Å². The zero-order chi connectivity index (χ0) is 15.5. The van der Waals surface area contributed by atoms with Crippen LogP contribution in [0.3, 0.4) is 0 Å². The van der Waals surface area contributed by atoms with Crippen LogP contribution in [0.25, 0.3) is 0 Å². The average Bonchev–Trinajstić information content (AvgIpc) is 2.45. The molecule has 0 spiro atoms. The third-order valence-corrected chi connectivity index (χ3v) is 5.10. The molecule has 1 saturated carbocycles. The van der Waals surface area contributed by atoms with E-state index in [9.17, 15) is 0 Å². The van der Waals surface area contributed by atoms with Crippen molar-refractivity contribution in [3.05, 3.63) is 34.9 Å². The van der Waals surface area contributed by atoms with Gasteiger partial charge in [-0.15, -0.1) is 0 Å². The Morgan fingerprint density at radius 1 is 1.29 bits per heavy atom. The van der Waals surface area contributed by atoms with Gasteiger partial charge in [-0.1, -0.05) is 30.7 Å². The third-order valence-electron chi connectivity index (χ3n) is 5.10. The number of benzene rings is 1. The molecule has 1 aliphatic rings. The highest BCUT2D eigenvalue weighted by Gasteiger charge is 2.42. The maximum atomic E-state index is 6.35. The zero-order valence-electron chi connectivity index (χ0n) is 14.3. The topological polar surface area (TPSA) is 21.3 Å². The van der Waals surface area contributed by atoms with E-state index in [0.29, 0.717) is 0 Å². The Hall–Kier alpha value is -0.860. The van der Waals surface area contributed by atoms with Crippen molar-refractivity contribution in [2.24, 2.45) is 5.92 Å². The van der Waals surface area contributed by atoms with Crippen LogP contribution in [0.5, 0.6) is 0 Å². The van der Waals surface area contributed by atoms with E-state index in [-0.39, 0.29) is 11.6 Å². The number of rotatable bonds is 5. The Morgan fingerprint density at radius 2 is 1.95 bits per heavy atom. The van der Waals surface area contributed by atoms with Crippen molar-refractivity contribution in [2.45, 2.75) is 65.0 Å². The van der Waals surface area contributed by atoms with E-state index in [1.165, 1.54) is 29.5 Å². The molecule has 2 heteroatoms. The van der Waals surface area contributed by atoms with E-state index in [4.69, 9.17) is 4.74 Å². The highest BCUT2D eigenvalue weighted by atomic mass is 16.5. The summed E-state index contributed by atoms with van der Waals surface area (Å²) in [5, 5.41) is 3.56. The second-order valence-electron chi connectivity index (χ2n) is 6.76. The molecule has 118 valence electrons. The molecule has 1 unspecified atom stereocenters. The fraction of sp³-hybridized carbons (Fsp3) is 0.684. The highest BCUT2D eigenvalue weighted by Crippen LogP contribution is 2.43. The molecule has 0 aliphatic heterocycles. The molecule has 2 rings (SSSR count). The molecule has 21 heavy (non-hydrogen) atoms. The first-order valence-electron chi connectivity index (χ1n) is 8.40. The first-order valence-corrected chi connectivity index (χ1v) is 8.40. The first-order chi connectivity index (χ1) is 10.0. The SMILES string of the molecule is CCOC1(C(NC)c2ccc(C)cc2C)CCC(C)CC1. The fourth-order valence-corrected chi connectivity index (χ4v) is 3.91. The van der Waals surface area contributed by atoms with Gasteiger partial charge in [0.25, 0.3) is 0 Å². The fourth-order valence-electron chi connectivity index (χ4n) is 3.91. The number of aryl methyl sites for hydroxylation is 2. The summed E-state index contributed by atoms with van der Waals surface area (Å²) in [5.74, 6) is 0.829. The summed E-state index contributed by atoms with van der Waals surface area (Å²) in [6.45, 7) is 9.65. The molecule has 0 aromatic heterocycles. The summed E-state index contributed by atoms with van der Waals surface area (Å²) in [6.07, 6.45) is 4.84. The van der Waals surface area contributed by atoms with Crippen molar-refractivity contribution < 1.29 is 4.74 Å². The molecule has 0 bridgehead atoms. The predicted octanol–water partition coefficient (Wildman–Crippen LogP) is 4.55. The summed E-state index contributed by atoms with van der Waals surface area (Å²) in [5.41, 5.74) is 4.04. The van der Waals surface area contributed by atoms with Gasteiger partial charge >= 0.3 is 0 Å². The largest absolute Gasteiger partial charge is 0.373 e. The summed E-state index contributed by atoms with van der Waals surface area (Å²) in [6, 6.07) is 7.07. The number of likely N-dealkylation sites (N-methyl/N-ethyl adjacent to an activating group) is 1. The van der Waals surface area contributed by atoms with E-state index < -0.39 is 0 Å². The van der Waals surface area contributed by atoms with Gasteiger partial charge in [0.1, 0.15) is 0 Å². The van der Waals surface area contributed by atoms with Gasteiger partial charge in [-0.2, -0.15) is 0 Å². The Kier molecular flexibility index (Phi) is 5.45. The molecule has 1 aliphatic carbocycles. The van der Waals surface area contributed by atoms with Crippen LogP contribution < -0.4 is 5.32 Å². The summed E-state index contributed by atoms with van der Waals surface area (Å²) < 4.78 is 6.35. The Morgan fingerprint density at radius 3 is 2.48 bits per heavy atom. The smallest absolute Gasteiger partial charge is 0.0876 e. The molecule has 1 N–H and O–H groups in total. The van der Waals surface area contributed by atoms with Crippen molar-refractivity contribution in [1.29, 1.82) is 0 Å². The Bertz CT molecular complexity index is 461. The molecular formula is C19H31NO. The van der Waals surface area contributed by atoms with E-state index in [1.54, 1.807) is 0 Å². The lowest BCUT2D eigenvalue weighted by molar-refractivity contribution is -0.0963. The van der Waals surface area contributed by atoms with E-state index in [2.05, 4.69) is 58.3 Å². The van der Waals surface area contributed by atoms with Gasteiger partial charge in [0, 0.05) is 6.61 Å². The molecule has 2 nitrogen and oxygen atoms in total. The summed E-state index contributed by atoms with van der Waals surface area (Å²) >= 11 is 0. The average molecular weight is 289 g/mol. The zero-order valence-corrected chi connectivity index (χ0v) is 14.3. The van der Waals surface area contributed by atoms with Crippen molar-refractivity contribution in [2.75, 3.05) is 13.7 Å². The maximum Gasteiger partial charge on any atom is 0.0876 e. The van der Waals surface area contributed by atoms with E-state index >= 15 is 0 Å². The van der Waals surface area contributed by atoms with Crippen LogP contribution in [0.4, 0.5) is 0 Å². The predicted molar refractivity (Wildman–Crippen MR) is 89.7 cm³/mol. The molecule has 1 aromatic carbocycles. The third kappa shape index (κ3) is 3.49. The minimum absolute atomic E-state index is 0.0456. The number of hydrogen-bond acceptors (Lipinski definition) is 2. The molecule has 1 fully saturated rings. The highest BCUT2D eigenvalue weighted by molar-refractivity contribution is 5.34. The Balaban J connectivity index is 2.35. The van der Waals surface area contributed by atoms with Crippen molar-refractivity contribution >= 4 is 0 Å². The molecular weight excluding hydrogens is 258 g/mol. The van der Waals surface area contributed by atoms with Crippen LogP contribution in [0, 0.1) is 19.8 Å². The maximum absolute atomic E-state index is 6.35. The van der Waals surface area contributed by atoms with Gasteiger partial charge in [0.15, 0.2) is 0 Å².